The van der Waals surface area contributed by atoms with Crippen molar-refractivity contribution < 1.29 is 31.5 Å². The van der Waals surface area contributed by atoms with E-state index in [-0.39, 0.29) is 24.0 Å². The Balaban J connectivity index is 1.46. The van der Waals surface area contributed by atoms with Gasteiger partial charge >= 0.3 is 6.03 Å². The van der Waals surface area contributed by atoms with Crippen LogP contribution in [-0.2, 0) is 20.0 Å². The van der Waals surface area contributed by atoms with Gasteiger partial charge in [-0.15, -0.1) is 0 Å². The quantitative estimate of drug-likeness (QED) is 0.395. The molecule has 1 aliphatic carbocycles. The standard InChI is InChI=1S/C20H26F2N2O5S/c21-17(22)13-29-16-6-4-5-15(11-16)20(7-8-20)14-30(27,28)10-3-1-2-9-24-12-18(25)23-19(24)26/h4-6,11,17H,1-3,7-10,12-14H2,(H,23,25,26). The minimum atomic E-state index is -3.29. The van der Waals surface area contributed by atoms with Crippen molar-refractivity contribution in [3.8, 4) is 5.75 Å². The van der Waals surface area contributed by atoms with Gasteiger partial charge < -0.3 is 9.64 Å². The number of nitrogens with zero attached hydrogens (tertiary/aromatic N) is 1. The summed E-state index contributed by atoms with van der Waals surface area (Å²) < 4.78 is 55.0. The van der Waals surface area contributed by atoms with Gasteiger partial charge in [-0.25, -0.2) is 22.0 Å². The molecular formula is C20H26F2N2O5S. The summed E-state index contributed by atoms with van der Waals surface area (Å²) in [5, 5.41) is 2.20. The maximum atomic E-state index is 12.6. The van der Waals surface area contributed by atoms with Crippen molar-refractivity contribution in [2.24, 2.45) is 0 Å². The zero-order chi connectivity index (χ0) is 21.8. The van der Waals surface area contributed by atoms with Crippen molar-refractivity contribution in [2.75, 3.05) is 31.2 Å². The SMILES string of the molecule is O=C1CN(CCCCCS(=O)(=O)CC2(c3cccc(OCC(F)F)c3)CC2)C(=O)N1. The number of alkyl halides is 2. The fraction of sp³-hybridized carbons (Fsp3) is 0.600. The van der Waals surface area contributed by atoms with Crippen LogP contribution in [0.4, 0.5) is 13.6 Å². The van der Waals surface area contributed by atoms with Crippen LogP contribution in [0, 0.1) is 0 Å². The van der Waals surface area contributed by atoms with Crippen molar-refractivity contribution in [1.29, 1.82) is 0 Å². The van der Waals surface area contributed by atoms with Gasteiger partial charge in [-0.05, 0) is 43.4 Å². The third-order valence-corrected chi connectivity index (χ3v) is 7.33. The van der Waals surface area contributed by atoms with E-state index in [9.17, 15) is 26.8 Å². The Kier molecular flexibility index (Phi) is 6.95. The van der Waals surface area contributed by atoms with Crippen LogP contribution in [0.3, 0.4) is 0 Å². The number of carbonyl (C=O) groups excluding carboxylic acids is 2. The molecule has 30 heavy (non-hydrogen) atoms. The highest BCUT2D eigenvalue weighted by atomic mass is 32.2. The zero-order valence-corrected chi connectivity index (χ0v) is 17.4. The Hall–Kier alpha value is -2.23. The average Bonchev–Trinajstić information content (AvgIpc) is 3.37. The number of benzene rings is 1. The van der Waals surface area contributed by atoms with E-state index in [1.807, 2.05) is 6.07 Å². The lowest BCUT2D eigenvalue weighted by Gasteiger charge is -2.17. The number of hydrogen-bond acceptors (Lipinski definition) is 5. The van der Waals surface area contributed by atoms with Gasteiger partial charge in [0.1, 0.15) is 18.9 Å². The normalized spacial score (nSPS) is 18.0. The predicted molar refractivity (Wildman–Crippen MR) is 106 cm³/mol. The molecule has 0 atom stereocenters. The summed E-state index contributed by atoms with van der Waals surface area (Å²) in [7, 11) is -3.29. The van der Waals surface area contributed by atoms with E-state index < -0.39 is 34.3 Å². The number of rotatable bonds is 12. The van der Waals surface area contributed by atoms with Crippen molar-refractivity contribution in [2.45, 2.75) is 43.9 Å². The van der Waals surface area contributed by atoms with E-state index in [0.717, 1.165) is 18.4 Å². The second-order valence-corrected chi connectivity index (χ2v) is 10.1. The van der Waals surface area contributed by atoms with Gasteiger partial charge in [0.05, 0.1) is 11.5 Å². The fourth-order valence-corrected chi connectivity index (χ4v) is 5.79. The van der Waals surface area contributed by atoms with Crippen LogP contribution in [0.2, 0.25) is 0 Å². The first-order chi connectivity index (χ1) is 14.2. The number of imide groups is 1. The summed E-state index contributed by atoms with van der Waals surface area (Å²) in [6.07, 6.45) is 0.667. The van der Waals surface area contributed by atoms with E-state index in [0.29, 0.717) is 31.6 Å². The van der Waals surface area contributed by atoms with E-state index in [1.165, 1.54) is 4.90 Å². The Morgan fingerprint density at radius 1 is 1.17 bits per heavy atom. The van der Waals surface area contributed by atoms with Crippen LogP contribution in [-0.4, -0.2) is 62.9 Å². The van der Waals surface area contributed by atoms with Crippen LogP contribution in [0.25, 0.3) is 0 Å². The van der Waals surface area contributed by atoms with Crippen LogP contribution in [0.5, 0.6) is 5.75 Å². The van der Waals surface area contributed by atoms with E-state index in [4.69, 9.17) is 4.74 Å². The average molecular weight is 445 g/mol. The number of sulfone groups is 1. The second kappa shape index (κ2) is 9.28. The first-order valence-electron chi connectivity index (χ1n) is 10.00. The summed E-state index contributed by atoms with van der Waals surface area (Å²) >= 11 is 0. The Morgan fingerprint density at radius 3 is 2.57 bits per heavy atom. The van der Waals surface area contributed by atoms with Gasteiger partial charge in [0, 0.05) is 12.0 Å². The van der Waals surface area contributed by atoms with E-state index >= 15 is 0 Å². The molecule has 0 bridgehead atoms. The van der Waals surface area contributed by atoms with Gasteiger partial charge in [0.2, 0.25) is 5.91 Å². The lowest BCUT2D eigenvalue weighted by molar-refractivity contribution is -0.118. The third-order valence-electron chi connectivity index (χ3n) is 5.42. The van der Waals surface area contributed by atoms with Crippen LogP contribution in [0.15, 0.2) is 24.3 Å². The molecule has 10 heteroatoms. The summed E-state index contributed by atoms with van der Waals surface area (Å²) in [5.74, 6) is 0.0878. The molecule has 7 nitrogen and oxygen atoms in total. The zero-order valence-electron chi connectivity index (χ0n) is 16.6. The molecule has 0 aromatic heterocycles. The van der Waals surface area contributed by atoms with Gasteiger partial charge in [-0.3, -0.25) is 10.1 Å². The number of carbonyl (C=O) groups is 2. The highest BCUT2D eigenvalue weighted by molar-refractivity contribution is 7.91. The third kappa shape index (κ3) is 6.13. The van der Waals surface area contributed by atoms with Crippen LogP contribution >= 0.6 is 0 Å². The molecule has 0 radical (unpaired) electrons. The molecule has 2 fully saturated rings. The summed E-state index contributed by atoms with van der Waals surface area (Å²) in [5.41, 5.74) is 0.347. The van der Waals surface area contributed by atoms with Crippen molar-refractivity contribution >= 4 is 21.8 Å². The predicted octanol–water partition coefficient (Wildman–Crippen LogP) is 2.50. The van der Waals surface area contributed by atoms with E-state index in [2.05, 4.69) is 5.32 Å². The molecule has 1 saturated heterocycles. The second-order valence-electron chi connectivity index (χ2n) is 7.94. The molecule has 3 rings (SSSR count). The lowest BCUT2D eigenvalue weighted by atomic mass is 9.98. The maximum absolute atomic E-state index is 12.6. The molecule has 1 aromatic carbocycles. The highest BCUT2D eigenvalue weighted by Gasteiger charge is 2.47. The number of amides is 3. The van der Waals surface area contributed by atoms with Crippen LogP contribution < -0.4 is 10.1 Å². The smallest absolute Gasteiger partial charge is 0.324 e. The van der Waals surface area contributed by atoms with Crippen molar-refractivity contribution in [3.05, 3.63) is 29.8 Å². The molecule has 1 saturated carbocycles. The van der Waals surface area contributed by atoms with Gasteiger partial charge in [0.15, 0.2) is 9.84 Å². The molecular weight excluding hydrogens is 418 g/mol. The topological polar surface area (TPSA) is 92.8 Å². The molecule has 1 aliphatic heterocycles. The molecule has 0 unspecified atom stereocenters. The minimum Gasteiger partial charge on any atom is -0.488 e. The first kappa shape index (κ1) is 22.5. The summed E-state index contributed by atoms with van der Waals surface area (Å²) in [6.45, 7) is -0.214. The fourth-order valence-electron chi connectivity index (χ4n) is 3.70. The molecule has 1 aromatic rings. The molecule has 2 aliphatic rings. The number of ether oxygens (including phenoxy) is 1. The van der Waals surface area contributed by atoms with Gasteiger partial charge in [-0.1, -0.05) is 18.6 Å². The first-order valence-corrected chi connectivity index (χ1v) is 11.8. The Labute approximate surface area is 174 Å². The highest BCUT2D eigenvalue weighted by Crippen LogP contribution is 2.50. The molecule has 1 N–H and O–H groups in total. The minimum absolute atomic E-state index is 0.0291. The number of hydrogen-bond donors (Lipinski definition) is 1. The van der Waals surface area contributed by atoms with Crippen LogP contribution in [0.1, 0.15) is 37.7 Å². The molecule has 3 amide bonds. The molecule has 1 heterocycles. The number of urea groups is 1. The molecule has 166 valence electrons. The van der Waals surface area contributed by atoms with E-state index in [1.54, 1.807) is 18.2 Å². The summed E-state index contributed by atoms with van der Waals surface area (Å²) in [6, 6.07) is 6.36. The van der Waals surface area contributed by atoms with Gasteiger partial charge in [-0.2, -0.15) is 0 Å². The van der Waals surface area contributed by atoms with Gasteiger partial charge in [0.25, 0.3) is 6.43 Å². The largest absolute Gasteiger partial charge is 0.488 e. The number of nitrogens with one attached hydrogen (secondary N) is 1. The lowest BCUT2D eigenvalue weighted by Crippen LogP contribution is -2.29. The van der Waals surface area contributed by atoms with Crippen molar-refractivity contribution in [3.63, 3.8) is 0 Å². The van der Waals surface area contributed by atoms with Crippen molar-refractivity contribution in [1.82, 2.24) is 10.2 Å². The summed E-state index contributed by atoms with van der Waals surface area (Å²) in [4.78, 5) is 24.0. The Morgan fingerprint density at radius 2 is 1.93 bits per heavy atom. The monoisotopic (exact) mass is 444 g/mol. The Bertz CT molecular complexity index is 887. The maximum Gasteiger partial charge on any atom is 0.324 e. The molecule has 0 spiro atoms. The number of halogens is 2. The number of unbranched alkanes of at least 4 members (excludes halogenated alkanes) is 2.